The minimum absolute atomic E-state index is 0.360. The molecule has 1 heterocycles. The number of nitrogens with zero attached hydrogens (tertiary/aromatic N) is 1. The summed E-state index contributed by atoms with van der Waals surface area (Å²) in [5.41, 5.74) is -0.434. The Kier molecular flexibility index (Phi) is 9.50. The molecule has 0 bridgehead atoms. The average molecular weight is 359 g/mol. The predicted octanol–water partition coefficient (Wildman–Crippen LogP) is 3.66. The SMILES string of the molecule is CCOC(=O)C=Cc1ccc(CN(CC)CC=CC#CC(C)(C)OC)o1. The van der Waals surface area contributed by atoms with Crippen molar-refractivity contribution in [1.82, 2.24) is 4.90 Å². The Bertz CT molecular complexity index is 674. The molecule has 0 aliphatic carbocycles. The number of furan rings is 1. The van der Waals surface area contributed by atoms with Crippen LogP contribution in [0.25, 0.3) is 6.08 Å². The van der Waals surface area contributed by atoms with Crippen LogP contribution >= 0.6 is 0 Å². The topological polar surface area (TPSA) is 51.9 Å². The van der Waals surface area contributed by atoms with Gasteiger partial charge in [-0.15, -0.1) is 0 Å². The zero-order chi connectivity index (χ0) is 19.4. The smallest absolute Gasteiger partial charge is 0.330 e. The van der Waals surface area contributed by atoms with Gasteiger partial charge in [0.25, 0.3) is 0 Å². The number of ether oxygens (including phenoxy) is 2. The summed E-state index contributed by atoms with van der Waals surface area (Å²) in [6, 6.07) is 3.76. The van der Waals surface area contributed by atoms with Crippen LogP contribution in [-0.4, -0.2) is 43.3 Å². The Morgan fingerprint density at radius 2 is 2.12 bits per heavy atom. The molecule has 0 aliphatic rings. The van der Waals surface area contributed by atoms with E-state index in [2.05, 4.69) is 23.7 Å². The first-order chi connectivity index (χ1) is 12.4. The second kappa shape index (κ2) is 11.3. The van der Waals surface area contributed by atoms with Crippen LogP contribution < -0.4 is 0 Å². The zero-order valence-electron chi connectivity index (χ0n) is 16.4. The fraction of sp³-hybridized carbons (Fsp3) is 0.476. The van der Waals surface area contributed by atoms with Gasteiger partial charge in [0.2, 0.25) is 0 Å². The molecule has 0 saturated carbocycles. The van der Waals surface area contributed by atoms with Crippen LogP contribution in [0, 0.1) is 11.8 Å². The maximum Gasteiger partial charge on any atom is 0.330 e. The van der Waals surface area contributed by atoms with Crippen LogP contribution in [0.15, 0.2) is 34.8 Å². The molecule has 0 aromatic carbocycles. The second-order valence-electron chi connectivity index (χ2n) is 6.10. The van der Waals surface area contributed by atoms with Gasteiger partial charge in [-0.1, -0.05) is 24.8 Å². The minimum atomic E-state index is -0.434. The monoisotopic (exact) mass is 359 g/mol. The van der Waals surface area contributed by atoms with Gasteiger partial charge >= 0.3 is 5.97 Å². The van der Waals surface area contributed by atoms with Crippen molar-refractivity contribution in [1.29, 1.82) is 0 Å². The highest BCUT2D eigenvalue weighted by Gasteiger charge is 2.10. The van der Waals surface area contributed by atoms with Crippen LogP contribution in [0.5, 0.6) is 0 Å². The van der Waals surface area contributed by atoms with Crippen molar-refractivity contribution >= 4 is 12.0 Å². The maximum absolute atomic E-state index is 11.3. The second-order valence-corrected chi connectivity index (χ2v) is 6.10. The van der Waals surface area contributed by atoms with E-state index in [0.717, 1.165) is 18.8 Å². The maximum atomic E-state index is 11.3. The molecular formula is C21H29NO4. The van der Waals surface area contributed by atoms with E-state index < -0.39 is 5.60 Å². The number of esters is 1. The summed E-state index contributed by atoms with van der Waals surface area (Å²) in [7, 11) is 1.65. The highest BCUT2D eigenvalue weighted by molar-refractivity contribution is 5.86. The predicted molar refractivity (Wildman–Crippen MR) is 103 cm³/mol. The van der Waals surface area contributed by atoms with Crippen molar-refractivity contribution in [3.8, 4) is 11.8 Å². The largest absolute Gasteiger partial charge is 0.463 e. The summed E-state index contributed by atoms with van der Waals surface area (Å²) in [4.78, 5) is 13.5. The molecule has 0 atom stereocenters. The first kappa shape index (κ1) is 21.8. The molecule has 0 amide bonds. The van der Waals surface area contributed by atoms with Gasteiger partial charge in [0.15, 0.2) is 0 Å². The Morgan fingerprint density at radius 1 is 1.35 bits per heavy atom. The molecule has 0 radical (unpaired) electrons. The van der Waals surface area contributed by atoms with Gasteiger partial charge in [0.1, 0.15) is 17.1 Å². The van der Waals surface area contributed by atoms with E-state index in [1.54, 1.807) is 20.1 Å². The molecule has 5 heteroatoms. The molecule has 26 heavy (non-hydrogen) atoms. The molecule has 0 saturated heterocycles. The molecular weight excluding hydrogens is 330 g/mol. The first-order valence-corrected chi connectivity index (χ1v) is 8.79. The summed E-state index contributed by atoms with van der Waals surface area (Å²) in [5.74, 6) is 7.15. The number of carbonyl (C=O) groups excluding carboxylic acids is 1. The summed E-state index contributed by atoms with van der Waals surface area (Å²) in [6.07, 6.45) is 6.85. The van der Waals surface area contributed by atoms with Gasteiger partial charge in [-0.2, -0.15) is 0 Å². The molecule has 142 valence electrons. The number of hydrogen-bond acceptors (Lipinski definition) is 5. The molecule has 1 aromatic rings. The van der Waals surface area contributed by atoms with E-state index in [1.807, 2.05) is 38.1 Å². The lowest BCUT2D eigenvalue weighted by Gasteiger charge is -2.16. The van der Waals surface area contributed by atoms with Crippen molar-refractivity contribution in [2.45, 2.75) is 39.8 Å². The van der Waals surface area contributed by atoms with Crippen LogP contribution in [0.1, 0.15) is 39.2 Å². The third-order valence-electron chi connectivity index (χ3n) is 3.63. The fourth-order valence-electron chi connectivity index (χ4n) is 1.96. The Balaban J connectivity index is 2.54. The number of hydrogen-bond donors (Lipinski definition) is 0. The Labute approximate surface area is 156 Å². The lowest BCUT2D eigenvalue weighted by atomic mass is 10.1. The third-order valence-corrected chi connectivity index (χ3v) is 3.63. The first-order valence-electron chi connectivity index (χ1n) is 8.79. The quantitative estimate of drug-likeness (QED) is 0.383. The average Bonchev–Trinajstić information content (AvgIpc) is 3.06. The van der Waals surface area contributed by atoms with Gasteiger partial charge in [-0.25, -0.2) is 4.79 Å². The normalized spacial score (nSPS) is 11.9. The summed E-state index contributed by atoms with van der Waals surface area (Å²) < 4.78 is 15.8. The highest BCUT2D eigenvalue weighted by Crippen LogP contribution is 2.12. The number of methoxy groups -OCH3 is 1. The van der Waals surface area contributed by atoms with Crippen LogP contribution in [0.2, 0.25) is 0 Å². The van der Waals surface area contributed by atoms with Crippen molar-refractivity contribution in [2.75, 3.05) is 26.8 Å². The van der Waals surface area contributed by atoms with Gasteiger partial charge in [0, 0.05) is 19.7 Å². The fourth-order valence-corrected chi connectivity index (χ4v) is 1.96. The number of rotatable bonds is 9. The summed E-state index contributed by atoms with van der Waals surface area (Å²) in [5, 5.41) is 0. The van der Waals surface area contributed by atoms with Crippen molar-refractivity contribution in [2.24, 2.45) is 0 Å². The molecule has 1 rings (SSSR count). The van der Waals surface area contributed by atoms with Gasteiger partial charge < -0.3 is 13.9 Å². The zero-order valence-corrected chi connectivity index (χ0v) is 16.4. The minimum Gasteiger partial charge on any atom is -0.463 e. The van der Waals surface area contributed by atoms with E-state index in [-0.39, 0.29) is 5.97 Å². The van der Waals surface area contributed by atoms with Crippen molar-refractivity contribution in [3.63, 3.8) is 0 Å². The van der Waals surface area contributed by atoms with Crippen LogP contribution in [0.3, 0.4) is 0 Å². The lowest BCUT2D eigenvalue weighted by Crippen LogP contribution is -2.22. The standard InChI is InChI=1S/C21H29NO4/c1-6-22(16-10-8-9-15-21(3,4)24-5)17-19-12-11-18(26-19)13-14-20(23)25-7-2/h8,10-14H,6-7,16-17H2,1-5H3. The van der Waals surface area contributed by atoms with Crippen molar-refractivity contribution in [3.05, 3.63) is 41.9 Å². The Hall–Kier alpha value is -2.29. The number of allylic oxidation sites excluding steroid dienone is 1. The highest BCUT2D eigenvalue weighted by atomic mass is 16.5. The molecule has 1 aromatic heterocycles. The molecule has 0 N–H and O–H groups in total. The van der Waals surface area contributed by atoms with Crippen molar-refractivity contribution < 1.29 is 18.7 Å². The molecule has 0 unspecified atom stereocenters. The molecule has 5 nitrogen and oxygen atoms in total. The third kappa shape index (κ3) is 8.70. The number of carbonyl (C=O) groups is 1. The van der Waals surface area contributed by atoms with E-state index in [4.69, 9.17) is 13.9 Å². The lowest BCUT2D eigenvalue weighted by molar-refractivity contribution is -0.137. The van der Waals surface area contributed by atoms with Gasteiger partial charge in [-0.05, 0) is 51.6 Å². The van der Waals surface area contributed by atoms with E-state index in [9.17, 15) is 4.79 Å². The van der Waals surface area contributed by atoms with Gasteiger partial charge in [-0.3, -0.25) is 4.90 Å². The van der Waals surface area contributed by atoms with Gasteiger partial charge in [0.05, 0.1) is 13.2 Å². The summed E-state index contributed by atoms with van der Waals surface area (Å²) >= 11 is 0. The Morgan fingerprint density at radius 3 is 2.77 bits per heavy atom. The van der Waals surface area contributed by atoms with Crippen LogP contribution in [0.4, 0.5) is 0 Å². The van der Waals surface area contributed by atoms with E-state index >= 15 is 0 Å². The van der Waals surface area contributed by atoms with E-state index in [0.29, 0.717) is 18.9 Å². The molecule has 0 spiro atoms. The molecule has 0 fully saturated rings. The summed E-state index contributed by atoms with van der Waals surface area (Å²) in [6.45, 7) is 10.4. The van der Waals surface area contributed by atoms with E-state index in [1.165, 1.54) is 6.08 Å². The number of likely N-dealkylation sites (N-methyl/N-ethyl adjacent to an activating group) is 1. The van der Waals surface area contributed by atoms with Crippen LogP contribution in [-0.2, 0) is 20.8 Å². The molecule has 0 aliphatic heterocycles.